The topological polar surface area (TPSA) is 92.6 Å². The van der Waals surface area contributed by atoms with Gasteiger partial charge in [0.25, 0.3) is 5.69 Å². The molecule has 0 fully saturated rings. The second-order valence-electron chi connectivity index (χ2n) is 10.3. The third-order valence-electron chi connectivity index (χ3n) is 6.01. The SMILES string of the molecule is Cc1ccccc1CN(C(=O)CSCc1ccc([N+](=O)[O-])cc1)[C@@H](Cc1ccccc1)C(=O)NC(C)(C)C. The van der Waals surface area contributed by atoms with Gasteiger partial charge in [0.2, 0.25) is 11.8 Å². The molecule has 3 aromatic rings. The predicted octanol–water partition coefficient (Wildman–Crippen LogP) is 5.69. The molecule has 3 aromatic carbocycles. The molecule has 1 N–H and O–H groups in total. The molecule has 0 aromatic heterocycles. The van der Waals surface area contributed by atoms with Gasteiger partial charge in [-0.1, -0.05) is 66.7 Å². The second-order valence-corrected chi connectivity index (χ2v) is 11.3. The lowest BCUT2D eigenvalue weighted by molar-refractivity contribution is -0.384. The van der Waals surface area contributed by atoms with Crippen LogP contribution in [0.15, 0.2) is 78.9 Å². The second kappa shape index (κ2) is 13.2. The van der Waals surface area contributed by atoms with Gasteiger partial charge in [-0.3, -0.25) is 19.7 Å². The average molecular weight is 534 g/mol. The Balaban J connectivity index is 1.85. The first kappa shape index (κ1) is 28.9. The lowest BCUT2D eigenvalue weighted by Crippen LogP contribution is -2.54. The molecule has 8 heteroatoms. The molecule has 0 radical (unpaired) electrons. The average Bonchev–Trinajstić information content (AvgIpc) is 2.87. The van der Waals surface area contributed by atoms with Gasteiger partial charge in [0.15, 0.2) is 0 Å². The maximum absolute atomic E-state index is 13.7. The number of nitrogens with zero attached hydrogens (tertiary/aromatic N) is 2. The molecule has 1 atom stereocenters. The van der Waals surface area contributed by atoms with Gasteiger partial charge in [-0.05, 0) is 49.9 Å². The Morgan fingerprint density at radius 2 is 1.58 bits per heavy atom. The fraction of sp³-hybridized carbons (Fsp3) is 0.333. The number of hydrogen-bond acceptors (Lipinski definition) is 5. The van der Waals surface area contributed by atoms with Crippen molar-refractivity contribution in [1.29, 1.82) is 0 Å². The van der Waals surface area contributed by atoms with E-state index < -0.39 is 16.5 Å². The van der Waals surface area contributed by atoms with E-state index in [1.807, 2.05) is 82.3 Å². The van der Waals surface area contributed by atoms with Gasteiger partial charge in [-0.2, -0.15) is 0 Å². The van der Waals surface area contributed by atoms with Crippen LogP contribution in [0.2, 0.25) is 0 Å². The number of rotatable bonds is 11. The van der Waals surface area contributed by atoms with E-state index >= 15 is 0 Å². The van der Waals surface area contributed by atoms with Crippen LogP contribution in [0, 0.1) is 17.0 Å². The lowest BCUT2D eigenvalue weighted by Gasteiger charge is -2.34. The van der Waals surface area contributed by atoms with Crippen molar-refractivity contribution < 1.29 is 14.5 Å². The molecule has 0 heterocycles. The van der Waals surface area contributed by atoms with Crippen LogP contribution in [0.1, 0.15) is 43.0 Å². The van der Waals surface area contributed by atoms with E-state index in [1.54, 1.807) is 17.0 Å². The van der Waals surface area contributed by atoms with Gasteiger partial charge < -0.3 is 10.2 Å². The van der Waals surface area contributed by atoms with Crippen LogP contribution in [-0.2, 0) is 28.3 Å². The van der Waals surface area contributed by atoms with Gasteiger partial charge in [0.05, 0.1) is 10.7 Å². The monoisotopic (exact) mass is 533 g/mol. The van der Waals surface area contributed by atoms with E-state index in [0.29, 0.717) is 18.7 Å². The smallest absolute Gasteiger partial charge is 0.269 e. The van der Waals surface area contributed by atoms with E-state index in [-0.39, 0.29) is 23.3 Å². The molecule has 200 valence electrons. The van der Waals surface area contributed by atoms with Crippen molar-refractivity contribution in [1.82, 2.24) is 10.2 Å². The molecule has 0 spiro atoms. The van der Waals surface area contributed by atoms with Crippen LogP contribution < -0.4 is 5.32 Å². The first-order valence-electron chi connectivity index (χ1n) is 12.5. The van der Waals surface area contributed by atoms with Crippen molar-refractivity contribution in [3.63, 3.8) is 0 Å². The fourth-order valence-corrected chi connectivity index (χ4v) is 4.90. The number of aryl methyl sites for hydroxylation is 1. The zero-order chi connectivity index (χ0) is 27.7. The van der Waals surface area contributed by atoms with Gasteiger partial charge >= 0.3 is 0 Å². The van der Waals surface area contributed by atoms with Crippen LogP contribution >= 0.6 is 11.8 Å². The highest BCUT2D eigenvalue weighted by molar-refractivity contribution is 7.99. The molecular formula is C30H35N3O4S. The number of nitro benzene ring substituents is 1. The van der Waals surface area contributed by atoms with Crippen LogP contribution in [0.25, 0.3) is 0 Å². The highest BCUT2D eigenvalue weighted by Crippen LogP contribution is 2.21. The molecule has 0 aliphatic rings. The maximum Gasteiger partial charge on any atom is 0.269 e. The summed E-state index contributed by atoms with van der Waals surface area (Å²) in [4.78, 5) is 39.5. The van der Waals surface area contributed by atoms with Crippen LogP contribution in [0.5, 0.6) is 0 Å². The third-order valence-corrected chi connectivity index (χ3v) is 7.00. The molecule has 0 aliphatic carbocycles. The predicted molar refractivity (Wildman–Crippen MR) is 153 cm³/mol. The van der Waals surface area contributed by atoms with E-state index in [9.17, 15) is 19.7 Å². The minimum Gasteiger partial charge on any atom is -0.350 e. The molecule has 7 nitrogen and oxygen atoms in total. The van der Waals surface area contributed by atoms with E-state index in [4.69, 9.17) is 0 Å². The van der Waals surface area contributed by atoms with Crippen LogP contribution in [-0.4, -0.2) is 39.0 Å². The van der Waals surface area contributed by atoms with Crippen LogP contribution in [0.4, 0.5) is 5.69 Å². The Hall–Kier alpha value is -3.65. The number of benzene rings is 3. The Bertz CT molecular complexity index is 1240. The number of non-ortho nitro benzene ring substituents is 1. The zero-order valence-corrected chi connectivity index (χ0v) is 23.2. The van der Waals surface area contributed by atoms with Gasteiger partial charge in [0, 0.05) is 36.4 Å². The number of hydrogen-bond donors (Lipinski definition) is 1. The Labute approximate surface area is 228 Å². The number of amides is 2. The highest BCUT2D eigenvalue weighted by atomic mass is 32.2. The van der Waals surface area contributed by atoms with Gasteiger partial charge in [-0.15, -0.1) is 11.8 Å². The van der Waals surface area contributed by atoms with E-state index in [0.717, 1.165) is 22.3 Å². The quantitative estimate of drug-likeness (QED) is 0.252. The molecule has 0 saturated carbocycles. The van der Waals surface area contributed by atoms with Crippen molar-refractivity contribution in [3.05, 3.63) is 111 Å². The molecule has 2 amide bonds. The third kappa shape index (κ3) is 8.73. The number of carbonyl (C=O) groups excluding carboxylic acids is 2. The number of carbonyl (C=O) groups is 2. The largest absolute Gasteiger partial charge is 0.350 e. The first-order valence-corrected chi connectivity index (χ1v) is 13.7. The summed E-state index contributed by atoms with van der Waals surface area (Å²) in [6.45, 7) is 8.11. The minimum atomic E-state index is -0.691. The summed E-state index contributed by atoms with van der Waals surface area (Å²) in [5.41, 5.74) is 3.50. The summed E-state index contributed by atoms with van der Waals surface area (Å²) >= 11 is 1.43. The molecular weight excluding hydrogens is 498 g/mol. The standard InChI is InChI=1S/C30H35N3O4S/c1-22-10-8-9-13-25(22)19-32(28(34)21-38-20-24-14-16-26(17-15-24)33(36)37)27(29(35)31-30(2,3)4)18-23-11-6-5-7-12-23/h5-17,27H,18-21H2,1-4H3,(H,31,35)/t27-/m0/s1. The molecule has 0 aliphatic heterocycles. The zero-order valence-electron chi connectivity index (χ0n) is 22.3. The normalized spacial score (nSPS) is 12.0. The lowest BCUT2D eigenvalue weighted by atomic mass is 10.00. The molecule has 38 heavy (non-hydrogen) atoms. The van der Waals surface area contributed by atoms with Gasteiger partial charge in [0.1, 0.15) is 6.04 Å². The number of nitrogens with one attached hydrogen (secondary N) is 1. The summed E-state index contributed by atoms with van der Waals surface area (Å²) in [7, 11) is 0. The highest BCUT2D eigenvalue weighted by Gasteiger charge is 2.32. The number of nitro groups is 1. The summed E-state index contributed by atoms with van der Waals surface area (Å²) in [5.74, 6) is 0.380. The Morgan fingerprint density at radius 1 is 0.947 bits per heavy atom. The summed E-state index contributed by atoms with van der Waals surface area (Å²) in [6.07, 6.45) is 0.396. The van der Waals surface area contributed by atoms with Crippen molar-refractivity contribution in [2.75, 3.05) is 5.75 Å². The van der Waals surface area contributed by atoms with Crippen LogP contribution in [0.3, 0.4) is 0 Å². The summed E-state index contributed by atoms with van der Waals surface area (Å²) < 4.78 is 0. The van der Waals surface area contributed by atoms with Crippen molar-refractivity contribution in [2.24, 2.45) is 0 Å². The maximum atomic E-state index is 13.7. The molecule has 3 rings (SSSR count). The van der Waals surface area contributed by atoms with E-state index in [2.05, 4.69) is 5.32 Å². The molecule has 0 unspecified atom stereocenters. The minimum absolute atomic E-state index is 0.0350. The van der Waals surface area contributed by atoms with Gasteiger partial charge in [-0.25, -0.2) is 0 Å². The van der Waals surface area contributed by atoms with E-state index in [1.165, 1.54) is 23.9 Å². The first-order chi connectivity index (χ1) is 18.0. The van der Waals surface area contributed by atoms with Crippen molar-refractivity contribution in [3.8, 4) is 0 Å². The summed E-state index contributed by atoms with van der Waals surface area (Å²) in [6, 6.07) is 23.3. The summed E-state index contributed by atoms with van der Waals surface area (Å²) in [5, 5.41) is 14.0. The molecule has 0 saturated heterocycles. The fourth-order valence-electron chi connectivity index (χ4n) is 4.03. The Morgan fingerprint density at radius 3 is 2.18 bits per heavy atom. The van der Waals surface area contributed by atoms with Crippen molar-refractivity contribution >= 4 is 29.3 Å². The number of thioether (sulfide) groups is 1. The Kier molecular flexibility index (Phi) is 10.1. The molecule has 0 bridgehead atoms. The van der Waals surface area contributed by atoms with Crippen molar-refractivity contribution in [2.45, 2.75) is 58.0 Å².